The van der Waals surface area contributed by atoms with Gasteiger partial charge in [0.1, 0.15) is 0 Å². The van der Waals surface area contributed by atoms with Crippen LogP contribution in [-0.2, 0) is 16.6 Å². The number of amides is 1. The van der Waals surface area contributed by atoms with E-state index in [-0.39, 0.29) is 11.3 Å². The molecule has 0 atom stereocenters. The van der Waals surface area contributed by atoms with Crippen LogP contribution in [-0.4, -0.2) is 31.7 Å². The van der Waals surface area contributed by atoms with Crippen molar-refractivity contribution in [1.82, 2.24) is 10.3 Å². The Kier molecular flexibility index (Phi) is 5.93. The number of carbonyl (C=O) groups excluding carboxylic acids is 1. The summed E-state index contributed by atoms with van der Waals surface area (Å²) in [6.45, 7) is 4.88. The largest absolute Gasteiger partial charge is 0.493 e. The van der Waals surface area contributed by atoms with Gasteiger partial charge < -0.3 is 19.8 Å². The number of aryl methyl sites for hydroxylation is 1. The lowest BCUT2D eigenvalue weighted by Crippen LogP contribution is -2.36. The monoisotopic (exact) mass is 380 g/mol. The average molecular weight is 380 g/mol. The molecule has 5 nitrogen and oxygen atoms in total. The highest BCUT2D eigenvalue weighted by atomic mass is 16.5. The van der Waals surface area contributed by atoms with Crippen molar-refractivity contribution in [3.05, 3.63) is 59.8 Å². The first kappa shape index (κ1) is 19.8. The number of para-hydroxylation sites is 1. The van der Waals surface area contributed by atoms with Crippen molar-refractivity contribution >= 4 is 16.8 Å². The number of ether oxygens (including phenoxy) is 2. The fourth-order valence-electron chi connectivity index (χ4n) is 3.43. The van der Waals surface area contributed by atoms with Crippen LogP contribution >= 0.6 is 0 Å². The summed E-state index contributed by atoms with van der Waals surface area (Å²) < 4.78 is 10.6. The highest BCUT2D eigenvalue weighted by molar-refractivity contribution is 5.84. The Bertz CT molecular complexity index is 959. The van der Waals surface area contributed by atoms with Crippen LogP contribution in [0.5, 0.6) is 11.5 Å². The van der Waals surface area contributed by atoms with E-state index in [0.717, 1.165) is 11.1 Å². The molecule has 0 bridgehead atoms. The third kappa shape index (κ3) is 4.30. The maximum atomic E-state index is 12.4. The molecule has 0 aliphatic carbocycles. The smallest absolute Gasteiger partial charge is 0.220 e. The summed E-state index contributed by atoms with van der Waals surface area (Å²) in [5.74, 6) is 1.42. The van der Waals surface area contributed by atoms with E-state index in [1.165, 1.54) is 10.9 Å². The zero-order valence-electron chi connectivity index (χ0n) is 17.0. The van der Waals surface area contributed by atoms with Gasteiger partial charge >= 0.3 is 0 Å². The Morgan fingerprint density at radius 2 is 1.82 bits per heavy atom. The molecular formula is C23H28N2O3. The van der Waals surface area contributed by atoms with Crippen LogP contribution in [0.4, 0.5) is 0 Å². The molecule has 3 rings (SSSR count). The molecule has 1 heterocycles. The van der Waals surface area contributed by atoms with Crippen LogP contribution < -0.4 is 14.8 Å². The molecule has 2 N–H and O–H groups in total. The van der Waals surface area contributed by atoms with Crippen molar-refractivity contribution in [3.8, 4) is 11.5 Å². The van der Waals surface area contributed by atoms with Gasteiger partial charge in [-0.15, -0.1) is 0 Å². The van der Waals surface area contributed by atoms with Crippen LogP contribution in [0.2, 0.25) is 0 Å². The van der Waals surface area contributed by atoms with Crippen LogP contribution in [0, 0.1) is 0 Å². The molecule has 0 aliphatic rings. The zero-order chi connectivity index (χ0) is 20.1. The van der Waals surface area contributed by atoms with Crippen molar-refractivity contribution in [1.29, 1.82) is 0 Å². The molecule has 0 fully saturated rings. The van der Waals surface area contributed by atoms with E-state index in [4.69, 9.17) is 9.47 Å². The minimum Gasteiger partial charge on any atom is -0.493 e. The second-order valence-corrected chi connectivity index (χ2v) is 7.60. The van der Waals surface area contributed by atoms with Crippen LogP contribution in [0.1, 0.15) is 31.4 Å². The van der Waals surface area contributed by atoms with Crippen molar-refractivity contribution in [2.45, 2.75) is 32.1 Å². The first-order valence-electron chi connectivity index (χ1n) is 9.49. The minimum absolute atomic E-state index is 0.0442. The molecule has 0 radical (unpaired) electrons. The summed E-state index contributed by atoms with van der Waals surface area (Å²) in [6.07, 6.45) is 3.12. The maximum Gasteiger partial charge on any atom is 0.220 e. The van der Waals surface area contributed by atoms with E-state index in [9.17, 15) is 4.79 Å². The van der Waals surface area contributed by atoms with Crippen molar-refractivity contribution in [2.24, 2.45) is 0 Å². The molecule has 0 unspecified atom stereocenters. The van der Waals surface area contributed by atoms with Gasteiger partial charge in [0, 0.05) is 35.5 Å². The number of methoxy groups -OCH3 is 2. The number of rotatable bonds is 8. The maximum absolute atomic E-state index is 12.4. The van der Waals surface area contributed by atoms with Gasteiger partial charge in [-0.2, -0.15) is 0 Å². The van der Waals surface area contributed by atoms with E-state index >= 15 is 0 Å². The molecule has 3 aromatic rings. The summed E-state index contributed by atoms with van der Waals surface area (Å²) in [6, 6.07) is 14.0. The fraction of sp³-hybridized carbons (Fsp3) is 0.348. The third-order valence-electron chi connectivity index (χ3n) is 5.13. The molecule has 2 aromatic carbocycles. The van der Waals surface area contributed by atoms with Gasteiger partial charge in [0.05, 0.1) is 14.2 Å². The second kappa shape index (κ2) is 8.38. The van der Waals surface area contributed by atoms with Gasteiger partial charge in [-0.3, -0.25) is 4.79 Å². The number of hydrogen-bond donors (Lipinski definition) is 2. The normalized spacial score (nSPS) is 11.4. The van der Waals surface area contributed by atoms with E-state index in [1.807, 2.05) is 36.5 Å². The Balaban J connectivity index is 1.58. The molecule has 0 spiro atoms. The highest BCUT2D eigenvalue weighted by Gasteiger charge is 2.24. The fourth-order valence-corrected chi connectivity index (χ4v) is 3.43. The molecule has 28 heavy (non-hydrogen) atoms. The quantitative estimate of drug-likeness (QED) is 0.615. The Labute approximate surface area is 166 Å². The van der Waals surface area contributed by atoms with Gasteiger partial charge in [0.2, 0.25) is 5.91 Å². The number of H-pyrrole nitrogens is 1. The summed E-state index contributed by atoms with van der Waals surface area (Å²) in [4.78, 5) is 15.7. The lowest BCUT2D eigenvalue weighted by atomic mass is 9.84. The lowest BCUT2D eigenvalue weighted by Gasteiger charge is -2.25. The van der Waals surface area contributed by atoms with Gasteiger partial charge in [-0.25, -0.2) is 0 Å². The summed E-state index contributed by atoms with van der Waals surface area (Å²) in [7, 11) is 3.22. The predicted octanol–water partition coefficient (Wildman–Crippen LogP) is 4.21. The Morgan fingerprint density at radius 3 is 2.57 bits per heavy atom. The second-order valence-electron chi connectivity index (χ2n) is 7.60. The standard InChI is InChI=1S/C23H28N2O3/c1-23(2,18-14-24-19-8-6-5-7-17(18)19)15-25-22(26)12-10-16-9-11-20(27-3)21(13-16)28-4/h5-9,11,13-14,24H,10,12,15H2,1-4H3,(H,25,26). The van der Waals surface area contributed by atoms with E-state index in [0.29, 0.717) is 30.9 Å². The van der Waals surface area contributed by atoms with Crippen molar-refractivity contribution in [2.75, 3.05) is 20.8 Å². The van der Waals surface area contributed by atoms with Gasteiger partial charge in [0.25, 0.3) is 0 Å². The number of fused-ring (bicyclic) bond motifs is 1. The zero-order valence-corrected chi connectivity index (χ0v) is 17.0. The van der Waals surface area contributed by atoms with Crippen LogP contribution in [0.15, 0.2) is 48.7 Å². The lowest BCUT2D eigenvalue weighted by molar-refractivity contribution is -0.121. The molecule has 0 aliphatic heterocycles. The topological polar surface area (TPSA) is 63.3 Å². The molecular weight excluding hydrogens is 352 g/mol. The van der Waals surface area contributed by atoms with Crippen molar-refractivity contribution in [3.63, 3.8) is 0 Å². The summed E-state index contributed by atoms with van der Waals surface area (Å²) >= 11 is 0. The first-order chi connectivity index (χ1) is 13.4. The van der Waals surface area contributed by atoms with E-state index in [1.54, 1.807) is 14.2 Å². The van der Waals surface area contributed by atoms with Crippen LogP contribution in [0.25, 0.3) is 10.9 Å². The molecule has 0 saturated carbocycles. The number of carbonyl (C=O) groups is 1. The Morgan fingerprint density at radius 1 is 1.07 bits per heavy atom. The molecule has 0 saturated heterocycles. The number of aromatic amines is 1. The highest BCUT2D eigenvalue weighted by Crippen LogP contribution is 2.30. The van der Waals surface area contributed by atoms with Gasteiger partial charge in [0.15, 0.2) is 11.5 Å². The Hall–Kier alpha value is -2.95. The molecule has 1 aromatic heterocycles. The van der Waals surface area contributed by atoms with E-state index in [2.05, 4.69) is 36.3 Å². The SMILES string of the molecule is COc1ccc(CCC(=O)NCC(C)(C)c2c[nH]c3ccccc23)cc1OC. The number of hydrogen-bond acceptors (Lipinski definition) is 3. The van der Waals surface area contributed by atoms with E-state index < -0.39 is 0 Å². The average Bonchev–Trinajstić information content (AvgIpc) is 3.15. The third-order valence-corrected chi connectivity index (χ3v) is 5.13. The summed E-state index contributed by atoms with van der Waals surface area (Å²) in [5.41, 5.74) is 3.20. The number of nitrogens with one attached hydrogen (secondary N) is 2. The predicted molar refractivity (Wildman–Crippen MR) is 112 cm³/mol. The molecule has 148 valence electrons. The molecule has 1 amide bonds. The number of aromatic nitrogens is 1. The van der Waals surface area contributed by atoms with Gasteiger partial charge in [-0.05, 0) is 35.7 Å². The van der Waals surface area contributed by atoms with Crippen LogP contribution in [0.3, 0.4) is 0 Å². The number of benzene rings is 2. The van der Waals surface area contributed by atoms with Crippen molar-refractivity contribution < 1.29 is 14.3 Å². The summed E-state index contributed by atoms with van der Waals surface area (Å²) in [5, 5.41) is 4.29. The molecule has 5 heteroatoms. The first-order valence-corrected chi connectivity index (χ1v) is 9.49. The minimum atomic E-state index is -0.168. The van der Waals surface area contributed by atoms with Gasteiger partial charge in [-0.1, -0.05) is 38.1 Å².